The molecule has 2 amide bonds. The highest BCUT2D eigenvalue weighted by Gasteiger charge is 2.28. The number of urea groups is 1. The van der Waals surface area contributed by atoms with Crippen LogP contribution in [0.1, 0.15) is 0 Å². The van der Waals surface area contributed by atoms with E-state index < -0.39 is 0 Å². The van der Waals surface area contributed by atoms with Crippen LogP contribution < -0.4 is 24.4 Å². The fourth-order valence-corrected chi connectivity index (χ4v) is 1.94. The second-order valence-corrected chi connectivity index (χ2v) is 3.76. The number of rotatable bonds is 4. The Morgan fingerprint density at radius 2 is 1.72 bits per heavy atom. The van der Waals surface area contributed by atoms with Crippen LogP contribution in [-0.2, 0) is 0 Å². The van der Waals surface area contributed by atoms with Crippen molar-refractivity contribution in [1.29, 1.82) is 0 Å². The van der Waals surface area contributed by atoms with Crippen LogP contribution in [-0.4, -0.2) is 40.5 Å². The third kappa shape index (κ3) is 2.01. The van der Waals surface area contributed by atoms with E-state index in [2.05, 4.69) is 5.32 Å². The van der Waals surface area contributed by atoms with Crippen LogP contribution in [0.4, 0.5) is 10.5 Å². The number of hydrogen-bond acceptors (Lipinski definition) is 4. The number of methoxy groups -OCH3 is 3. The number of ether oxygens (including phenoxy) is 3. The first-order valence-electron chi connectivity index (χ1n) is 5.56. The molecule has 98 valence electrons. The number of nitrogens with one attached hydrogen (secondary N) is 1. The van der Waals surface area contributed by atoms with Gasteiger partial charge in [0, 0.05) is 25.2 Å². The Labute approximate surface area is 105 Å². The van der Waals surface area contributed by atoms with Crippen LogP contribution in [0, 0.1) is 0 Å². The van der Waals surface area contributed by atoms with Crippen LogP contribution in [0.2, 0.25) is 0 Å². The standard InChI is InChI=1S/C12H16N2O4/c1-16-8-6-9(17-2)11(10(7-8)18-3)14-5-4-13-12(14)15/h6-7H,4-5H2,1-3H3,(H,13,15). The number of hydrogen-bond donors (Lipinski definition) is 1. The largest absolute Gasteiger partial charge is 0.496 e. The zero-order valence-corrected chi connectivity index (χ0v) is 10.6. The average molecular weight is 252 g/mol. The number of carbonyl (C=O) groups is 1. The number of benzene rings is 1. The van der Waals surface area contributed by atoms with Gasteiger partial charge in [0.2, 0.25) is 0 Å². The Morgan fingerprint density at radius 3 is 2.11 bits per heavy atom. The SMILES string of the molecule is COc1cc(OC)c(N2CCNC2=O)c(OC)c1. The Balaban J connectivity index is 2.52. The lowest BCUT2D eigenvalue weighted by Gasteiger charge is -2.21. The molecule has 1 saturated heterocycles. The molecule has 6 heteroatoms. The Hall–Kier alpha value is -2.11. The smallest absolute Gasteiger partial charge is 0.322 e. The number of nitrogens with zero attached hydrogens (tertiary/aromatic N) is 1. The molecule has 0 spiro atoms. The van der Waals surface area contributed by atoms with E-state index in [4.69, 9.17) is 14.2 Å². The van der Waals surface area contributed by atoms with Gasteiger partial charge in [0.15, 0.2) is 0 Å². The van der Waals surface area contributed by atoms with Gasteiger partial charge in [-0.3, -0.25) is 4.90 Å². The molecule has 2 rings (SSSR count). The Bertz CT molecular complexity index is 436. The molecule has 0 radical (unpaired) electrons. The maximum atomic E-state index is 11.7. The third-order valence-electron chi connectivity index (χ3n) is 2.82. The molecule has 1 aliphatic heterocycles. The molecule has 1 aliphatic rings. The molecule has 0 saturated carbocycles. The fraction of sp³-hybridized carbons (Fsp3) is 0.417. The molecule has 1 N–H and O–H groups in total. The van der Waals surface area contributed by atoms with Crippen molar-refractivity contribution >= 4 is 11.7 Å². The summed E-state index contributed by atoms with van der Waals surface area (Å²) in [5, 5.41) is 2.74. The van der Waals surface area contributed by atoms with Gasteiger partial charge < -0.3 is 19.5 Å². The molecule has 6 nitrogen and oxygen atoms in total. The minimum atomic E-state index is -0.156. The predicted octanol–water partition coefficient (Wildman–Crippen LogP) is 1.24. The molecule has 0 bridgehead atoms. The lowest BCUT2D eigenvalue weighted by atomic mass is 10.2. The third-order valence-corrected chi connectivity index (χ3v) is 2.82. The molecular formula is C12H16N2O4. The van der Waals surface area contributed by atoms with Crippen LogP contribution in [0.5, 0.6) is 17.2 Å². The van der Waals surface area contributed by atoms with Gasteiger partial charge in [0.05, 0.1) is 21.3 Å². The van der Waals surface area contributed by atoms with Gasteiger partial charge in [-0.1, -0.05) is 0 Å². The second-order valence-electron chi connectivity index (χ2n) is 3.76. The van der Waals surface area contributed by atoms with E-state index in [-0.39, 0.29) is 6.03 Å². The summed E-state index contributed by atoms with van der Waals surface area (Å²) >= 11 is 0. The maximum absolute atomic E-state index is 11.7. The topological polar surface area (TPSA) is 60.0 Å². The first kappa shape index (κ1) is 12.3. The highest BCUT2D eigenvalue weighted by Crippen LogP contribution is 2.41. The van der Waals surface area contributed by atoms with Crippen molar-refractivity contribution in [3.05, 3.63) is 12.1 Å². The molecule has 1 aromatic carbocycles. The van der Waals surface area contributed by atoms with Crippen molar-refractivity contribution in [3.8, 4) is 17.2 Å². The average Bonchev–Trinajstić information content (AvgIpc) is 2.82. The molecule has 1 fully saturated rings. The lowest BCUT2D eigenvalue weighted by molar-refractivity contribution is 0.251. The summed E-state index contributed by atoms with van der Waals surface area (Å²) in [7, 11) is 4.66. The maximum Gasteiger partial charge on any atom is 0.322 e. The Morgan fingerprint density at radius 1 is 1.11 bits per heavy atom. The molecule has 18 heavy (non-hydrogen) atoms. The summed E-state index contributed by atoms with van der Waals surface area (Å²) in [5.41, 5.74) is 0.621. The highest BCUT2D eigenvalue weighted by atomic mass is 16.5. The fourth-order valence-electron chi connectivity index (χ4n) is 1.94. The van der Waals surface area contributed by atoms with Gasteiger partial charge >= 0.3 is 6.03 Å². The van der Waals surface area contributed by atoms with Gasteiger partial charge in [-0.05, 0) is 0 Å². The van der Waals surface area contributed by atoms with E-state index in [0.29, 0.717) is 36.0 Å². The highest BCUT2D eigenvalue weighted by molar-refractivity contribution is 5.97. The van der Waals surface area contributed by atoms with Gasteiger partial charge in [0.1, 0.15) is 22.9 Å². The van der Waals surface area contributed by atoms with Crippen LogP contribution in [0.25, 0.3) is 0 Å². The van der Waals surface area contributed by atoms with Crippen molar-refractivity contribution in [2.75, 3.05) is 39.3 Å². The second kappa shape index (κ2) is 5.03. The first-order chi connectivity index (χ1) is 8.71. The Kier molecular flexibility index (Phi) is 3.45. The summed E-state index contributed by atoms with van der Waals surface area (Å²) in [6.07, 6.45) is 0. The van der Waals surface area contributed by atoms with Gasteiger partial charge in [-0.15, -0.1) is 0 Å². The van der Waals surface area contributed by atoms with Crippen LogP contribution in [0.15, 0.2) is 12.1 Å². The van der Waals surface area contributed by atoms with E-state index >= 15 is 0 Å². The van der Waals surface area contributed by atoms with E-state index in [1.807, 2.05) is 0 Å². The normalized spacial score (nSPS) is 14.4. The minimum absolute atomic E-state index is 0.156. The predicted molar refractivity (Wildman–Crippen MR) is 66.8 cm³/mol. The molecule has 0 atom stereocenters. The van der Waals surface area contributed by atoms with Gasteiger partial charge in [0.25, 0.3) is 0 Å². The van der Waals surface area contributed by atoms with Crippen molar-refractivity contribution in [2.24, 2.45) is 0 Å². The summed E-state index contributed by atoms with van der Waals surface area (Å²) in [5.74, 6) is 1.71. The van der Waals surface area contributed by atoms with Crippen molar-refractivity contribution in [3.63, 3.8) is 0 Å². The zero-order valence-electron chi connectivity index (χ0n) is 10.6. The van der Waals surface area contributed by atoms with E-state index in [1.165, 1.54) is 0 Å². The van der Waals surface area contributed by atoms with Crippen LogP contribution >= 0.6 is 0 Å². The monoisotopic (exact) mass is 252 g/mol. The number of anilines is 1. The molecule has 0 aliphatic carbocycles. The minimum Gasteiger partial charge on any atom is -0.496 e. The molecule has 0 unspecified atom stereocenters. The van der Waals surface area contributed by atoms with E-state index in [9.17, 15) is 4.79 Å². The van der Waals surface area contributed by atoms with E-state index in [1.54, 1.807) is 38.4 Å². The van der Waals surface area contributed by atoms with Gasteiger partial charge in [-0.2, -0.15) is 0 Å². The molecule has 0 aromatic heterocycles. The molecular weight excluding hydrogens is 236 g/mol. The van der Waals surface area contributed by atoms with Crippen LogP contribution in [0.3, 0.4) is 0 Å². The van der Waals surface area contributed by atoms with E-state index in [0.717, 1.165) is 0 Å². The van der Waals surface area contributed by atoms with Crippen molar-refractivity contribution in [1.82, 2.24) is 5.32 Å². The molecule has 1 aromatic rings. The zero-order chi connectivity index (χ0) is 13.1. The summed E-state index contributed by atoms with van der Waals surface area (Å²) in [6, 6.07) is 3.30. The number of carbonyl (C=O) groups excluding carboxylic acids is 1. The van der Waals surface area contributed by atoms with Crippen molar-refractivity contribution in [2.45, 2.75) is 0 Å². The quantitative estimate of drug-likeness (QED) is 0.876. The summed E-state index contributed by atoms with van der Waals surface area (Å²) in [4.78, 5) is 13.3. The first-order valence-corrected chi connectivity index (χ1v) is 5.56. The molecule has 1 heterocycles. The summed E-state index contributed by atoms with van der Waals surface area (Å²) < 4.78 is 15.8. The van der Waals surface area contributed by atoms with Gasteiger partial charge in [-0.25, -0.2) is 4.79 Å². The summed E-state index contributed by atoms with van der Waals surface area (Å²) in [6.45, 7) is 1.19. The van der Waals surface area contributed by atoms with Crippen molar-refractivity contribution < 1.29 is 19.0 Å². The number of amides is 2. The lowest BCUT2D eigenvalue weighted by Crippen LogP contribution is -2.28.